The van der Waals surface area contributed by atoms with Crippen LogP contribution < -0.4 is 5.73 Å². The number of thiophene rings is 1. The number of benzene rings is 1. The van der Waals surface area contributed by atoms with Gasteiger partial charge in [0.05, 0.1) is 9.35 Å². The molecule has 2 rings (SSSR count). The Bertz CT molecular complexity index is 510. The van der Waals surface area contributed by atoms with Crippen LogP contribution in [0.2, 0.25) is 0 Å². The normalized spacial score (nSPS) is 10.2. The maximum atomic E-state index is 8.90. The van der Waals surface area contributed by atoms with Crippen LogP contribution in [0.15, 0.2) is 22.0 Å². The molecule has 13 heavy (non-hydrogen) atoms. The highest BCUT2D eigenvalue weighted by molar-refractivity contribution is 9.11. The van der Waals surface area contributed by atoms with Crippen LogP contribution in [0.25, 0.3) is 10.1 Å². The molecule has 2 aromatic rings. The third-order valence-electron chi connectivity index (χ3n) is 1.82. The molecule has 0 unspecified atom stereocenters. The molecule has 0 aliphatic rings. The molecule has 0 spiro atoms. The molecule has 2 N–H and O–H groups in total. The van der Waals surface area contributed by atoms with E-state index in [0.717, 1.165) is 13.9 Å². The van der Waals surface area contributed by atoms with Gasteiger partial charge >= 0.3 is 0 Å². The lowest BCUT2D eigenvalue weighted by atomic mass is 10.1. The summed E-state index contributed by atoms with van der Waals surface area (Å²) in [5.41, 5.74) is 7.08. The molecule has 0 saturated carbocycles. The van der Waals surface area contributed by atoms with Gasteiger partial charge in [-0.25, -0.2) is 0 Å². The zero-order valence-electron chi connectivity index (χ0n) is 6.54. The summed E-state index contributed by atoms with van der Waals surface area (Å²) >= 11 is 4.88. The molecule has 0 aliphatic carbocycles. The number of nitrogens with two attached hydrogens (primary N) is 1. The summed E-state index contributed by atoms with van der Waals surface area (Å²) < 4.78 is 1.89. The van der Waals surface area contributed by atoms with Gasteiger partial charge in [-0.2, -0.15) is 5.26 Å². The molecule has 1 aromatic heterocycles. The van der Waals surface area contributed by atoms with E-state index < -0.39 is 0 Å². The maximum Gasteiger partial charge on any atom is 0.102 e. The summed E-state index contributed by atoms with van der Waals surface area (Å²) in [6.07, 6.45) is 0. The van der Waals surface area contributed by atoms with E-state index in [1.807, 2.05) is 18.2 Å². The van der Waals surface area contributed by atoms with Gasteiger partial charge in [-0.3, -0.25) is 0 Å². The molecular formula is C9H5BrN2S. The number of rotatable bonds is 0. The number of anilines is 1. The van der Waals surface area contributed by atoms with Crippen LogP contribution >= 0.6 is 27.3 Å². The first-order valence-corrected chi connectivity index (χ1v) is 5.21. The van der Waals surface area contributed by atoms with E-state index in [4.69, 9.17) is 11.0 Å². The number of fused-ring (bicyclic) bond motifs is 1. The zero-order chi connectivity index (χ0) is 9.42. The third-order valence-corrected chi connectivity index (χ3v) is 3.64. The van der Waals surface area contributed by atoms with Crippen LogP contribution in [0, 0.1) is 11.3 Å². The molecule has 0 amide bonds. The van der Waals surface area contributed by atoms with Crippen molar-refractivity contribution < 1.29 is 0 Å². The highest BCUT2D eigenvalue weighted by Gasteiger charge is 2.11. The Kier molecular flexibility index (Phi) is 1.98. The smallest absolute Gasteiger partial charge is 0.102 e. The Morgan fingerprint density at radius 3 is 2.92 bits per heavy atom. The van der Waals surface area contributed by atoms with Crippen LogP contribution in [0.4, 0.5) is 5.69 Å². The number of halogens is 1. The van der Waals surface area contributed by atoms with Gasteiger partial charge in [0.2, 0.25) is 0 Å². The second kappa shape index (κ2) is 3.02. The van der Waals surface area contributed by atoms with Crippen LogP contribution in [0.1, 0.15) is 5.56 Å². The van der Waals surface area contributed by atoms with Crippen LogP contribution in [0.5, 0.6) is 0 Å². The average molecular weight is 253 g/mol. The van der Waals surface area contributed by atoms with Crippen molar-refractivity contribution >= 4 is 43.0 Å². The highest BCUT2D eigenvalue weighted by Crippen LogP contribution is 2.37. The van der Waals surface area contributed by atoms with Crippen molar-refractivity contribution in [2.45, 2.75) is 0 Å². The van der Waals surface area contributed by atoms with E-state index in [0.29, 0.717) is 11.3 Å². The van der Waals surface area contributed by atoms with Crippen molar-refractivity contribution in [1.82, 2.24) is 0 Å². The van der Waals surface area contributed by atoms with Crippen molar-refractivity contribution in [1.29, 1.82) is 5.26 Å². The van der Waals surface area contributed by atoms with Gasteiger partial charge in [0.15, 0.2) is 0 Å². The fourth-order valence-electron chi connectivity index (χ4n) is 1.25. The Hall–Kier alpha value is -1.05. The SMILES string of the molecule is N#Cc1c(Br)sc2cccc(N)c12. The van der Waals surface area contributed by atoms with E-state index >= 15 is 0 Å². The topological polar surface area (TPSA) is 49.8 Å². The van der Waals surface area contributed by atoms with Crippen LogP contribution in [-0.2, 0) is 0 Å². The minimum Gasteiger partial charge on any atom is -0.398 e. The molecular weight excluding hydrogens is 248 g/mol. The van der Waals surface area contributed by atoms with E-state index in [-0.39, 0.29) is 0 Å². The zero-order valence-corrected chi connectivity index (χ0v) is 8.95. The molecule has 4 heteroatoms. The minimum absolute atomic E-state index is 0.637. The van der Waals surface area contributed by atoms with Gasteiger partial charge in [-0.15, -0.1) is 11.3 Å². The van der Waals surface area contributed by atoms with Crippen molar-refractivity contribution in [2.24, 2.45) is 0 Å². The van der Waals surface area contributed by atoms with Crippen molar-refractivity contribution in [3.05, 3.63) is 27.5 Å². The van der Waals surface area contributed by atoms with Crippen LogP contribution in [0.3, 0.4) is 0 Å². The van der Waals surface area contributed by atoms with E-state index in [9.17, 15) is 0 Å². The predicted octanol–water partition coefficient (Wildman–Crippen LogP) is 3.12. The van der Waals surface area contributed by atoms with Crippen molar-refractivity contribution in [3.8, 4) is 6.07 Å². The molecule has 0 bridgehead atoms. The first-order valence-electron chi connectivity index (χ1n) is 3.60. The summed E-state index contributed by atoms with van der Waals surface area (Å²) in [4.78, 5) is 0. The summed E-state index contributed by atoms with van der Waals surface area (Å²) in [5.74, 6) is 0. The monoisotopic (exact) mass is 252 g/mol. The molecule has 0 saturated heterocycles. The molecule has 0 fully saturated rings. The fraction of sp³-hybridized carbons (Fsp3) is 0. The summed E-state index contributed by atoms with van der Waals surface area (Å²) in [5, 5.41) is 9.76. The third kappa shape index (κ3) is 1.21. The summed E-state index contributed by atoms with van der Waals surface area (Å²) in [6.45, 7) is 0. The van der Waals surface area contributed by atoms with Crippen molar-refractivity contribution in [2.75, 3.05) is 5.73 Å². The minimum atomic E-state index is 0.637. The predicted molar refractivity (Wildman–Crippen MR) is 58.7 cm³/mol. The lowest BCUT2D eigenvalue weighted by molar-refractivity contribution is 1.51. The number of nitriles is 1. The maximum absolute atomic E-state index is 8.90. The van der Waals surface area contributed by atoms with Gasteiger partial charge < -0.3 is 5.73 Å². The molecule has 1 heterocycles. The Morgan fingerprint density at radius 2 is 2.23 bits per heavy atom. The Labute approximate surface area is 87.7 Å². The van der Waals surface area contributed by atoms with Crippen LogP contribution in [-0.4, -0.2) is 0 Å². The number of hydrogen-bond donors (Lipinski definition) is 1. The fourth-order valence-corrected chi connectivity index (χ4v) is 2.97. The highest BCUT2D eigenvalue weighted by atomic mass is 79.9. The van der Waals surface area contributed by atoms with E-state index in [1.165, 1.54) is 11.3 Å². The number of hydrogen-bond acceptors (Lipinski definition) is 3. The van der Waals surface area contributed by atoms with E-state index in [2.05, 4.69) is 22.0 Å². The van der Waals surface area contributed by atoms with Gasteiger partial charge in [-0.1, -0.05) is 6.07 Å². The van der Waals surface area contributed by atoms with Gasteiger partial charge in [0, 0.05) is 15.8 Å². The summed E-state index contributed by atoms with van der Waals surface area (Å²) in [6, 6.07) is 7.80. The first kappa shape index (κ1) is 8.54. The van der Waals surface area contributed by atoms with E-state index in [1.54, 1.807) is 0 Å². The largest absolute Gasteiger partial charge is 0.398 e. The van der Waals surface area contributed by atoms with Gasteiger partial charge in [-0.05, 0) is 28.1 Å². The number of nitrogen functional groups attached to an aromatic ring is 1. The van der Waals surface area contributed by atoms with Gasteiger partial charge in [0.25, 0.3) is 0 Å². The molecule has 0 atom stereocenters. The quantitative estimate of drug-likeness (QED) is 0.733. The standard InChI is InChI=1S/C9H5BrN2S/c10-9-5(4-11)8-6(12)2-1-3-7(8)13-9/h1-3H,12H2. The molecule has 2 nitrogen and oxygen atoms in total. The first-order chi connectivity index (χ1) is 6.24. The Morgan fingerprint density at radius 1 is 1.46 bits per heavy atom. The molecule has 1 aromatic carbocycles. The average Bonchev–Trinajstić information content (AvgIpc) is 2.42. The second-order valence-corrected chi connectivity index (χ2v) is 4.95. The van der Waals surface area contributed by atoms with Gasteiger partial charge in [0.1, 0.15) is 6.07 Å². The lowest BCUT2D eigenvalue weighted by Crippen LogP contribution is -1.85. The van der Waals surface area contributed by atoms with Crippen molar-refractivity contribution in [3.63, 3.8) is 0 Å². The molecule has 64 valence electrons. The molecule has 0 radical (unpaired) electrons. The Balaban J connectivity index is 2.99. The molecule has 0 aliphatic heterocycles. The summed E-state index contributed by atoms with van der Waals surface area (Å²) in [7, 11) is 0. The lowest BCUT2D eigenvalue weighted by Gasteiger charge is -1.94. The number of nitrogens with zero attached hydrogens (tertiary/aromatic N) is 1. The second-order valence-electron chi connectivity index (χ2n) is 2.58.